The summed E-state index contributed by atoms with van der Waals surface area (Å²) in [5, 5.41) is 11.4. The Labute approximate surface area is 107 Å². The quantitative estimate of drug-likeness (QED) is 0.825. The van der Waals surface area contributed by atoms with Gasteiger partial charge in [0, 0.05) is 20.6 Å². The summed E-state index contributed by atoms with van der Waals surface area (Å²) in [6, 6.07) is 1.99. The monoisotopic (exact) mass is 269 g/mol. The van der Waals surface area contributed by atoms with Gasteiger partial charge in [0.2, 0.25) is 16.0 Å². The van der Waals surface area contributed by atoms with Crippen molar-refractivity contribution in [1.29, 1.82) is 5.26 Å². The standard InChI is InChI=1S/C10H15N5O2S/c1-8(4-11)7-15(3)18(16,17)9-5-13-10(12-2)14-6-9/h5-6,8H,7H2,1-3H3,(H,12,13,14). The number of hydrogen-bond donors (Lipinski definition) is 1. The maximum atomic E-state index is 12.1. The van der Waals surface area contributed by atoms with Crippen molar-refractivity contribution in [3.63, 3.8) is 0 Å². The molecule has 8 heteroatoms. The van der Waals surface area contributed by atoms with E-state index in [4.69, 9.17) is 5.26 Å². The molecule has 1 N–H and O–H groups in total. The van der Waals surface area contributed by atoms with E-state index in [2.05, 4.69) is 15.3 Å². The molecular formula is C10H15N5O2S. The molecule has 0 fully saturated rings. The van der Waals surface area contributed by atoms with Crippen molar-refractivity contribution >= 4 is 16.0 Å². The van der Waals surface area contributed by atoms with Crippen molar-refractivity contribution in [1.82, 2.24) is 14.3 Å². The molecule has 7 nitrogen and oxygen atoms in total. The van der Waals surface area contributed by atoms with Crippen molar-refractivity contribution in [2.45, 2.75) is 11.8 Å². The summed E-state index contributed by atoms with van der Waals surface area (Å²) in [5.74, 6) is -0.0238. The van der Waals surface area contributed by atoms with E-state index in [0.29, 0.717) is 5.95 Å². The zero-order valence-electron chi connectivity index (χ0n) is 10.5. The van der Waals surface area contributed by atoms with Gasteiger partial charge in [-0.2, -0.15) is 9.57 Å². The fourth-order valence-corrected chi connectivity index (χ4v) is 2.43. The molecule has 0 saturated carbocycles. The van der Waals surface area contributed by atoms with Crippen LogP contribution < -0.4 is 5.32 Å². The number of nitrogens with zero attached hydrogens (tertiary/aromatic N) is 4. The molecule has 0 radical (unpaired) electrons. The predicted octanol–water partition coefficient (Wildman–Crippen LogP) is 0.298. The van der Waals surface area contributed by atoms with Gasteiger partial charge in [0.25, 0.3) is 0 Å². The second-order valence-electron chi connectivity index (χ2n) is 3.81. The minimum absolute atomic E-state index is 0.00846. The molecular weight excluding hydrogens is 254 g/mol. The molecule has 0 bridgehead atoms. The number of nitriles is 1. The van der Waals surface area contributed by atoms with Gasteiger partial charge in [-0.3, -0.25) is 0 Å². The Hall–Kier alpha value is -1.72. The molecule has 0 aliphatic carbocycles. The van der Waals surface area contributed by atoms with E-state index in [-0.39, 0.29) is 17.4 Å². The van der Waals surface area contributed by atoms with Crippen LogP contribution >= 0.6 is 0 Å². The van der Waals surface area contributed by atoms with Crippen LogP contribution in [0.5, 0.6) is 0 Å². The maximum absolute atomic E-state index is 12.1. The minimum atomic E-state index is -3.64. The van der Waals surface area contributed by atoms with Gasteiger partial charge in [0.1, 0.15) is 4.90 Å². The molecule has 1 heterocycles. The molecule has 1 atom stereocenters. The lowest BCUT2D eigenvalue weighted by Gasteiger charge is -2.17. The summed E-state index contributed by atoms with van der Waals surface area (Å²) in [6.07, 6.45) is 2.48. The van der Waals surface area contributed by atoms with Gasteiger partial charge < -0.3 is 5.32 Å². The van der Waals surface area contributed by atoms with Crippen LogP contribution in [0.25, 0.3) is 0 Å². The summed E-state index contributed by atoms with van der Waals surface area (Å²) >= 11 is 0. The van der Waals surface area contributed by atoms with Crippen LogP contribution in [0, 0.1) is 17.2 Å². The van der Waals surface area contributed by atoms with E-state index in [9.17, 15) is 8.42 Å². The number of nitrogens with one attached hydrogen (secondary N) is 1. The Bertz CT molecular complexity index is 534. The molecule has 1 aromatic rings. The minimum Gasteiger partial charge on any atom is -0.357 e. The first kappa shape index (κ1) is 14.3. The molecule has 98 valence electrons. The molecule has 0 amide bonds. The summed E-state index contributed by atoms with van der Waals surface area (Å²) in [7, 11) is -0.571. The highest BCUT2D eigenvalue weighted by Gasteiger charge is 2.23. The maximum Gasteiger partial charge on any atom is 0.245 e. The predicted molar refractivity (Wildman–Crippen MR) is 66.2 cm³/mol. The highest BCUT2D eigenvalue weighted by molar-refractivity contribution is 7.89. The fraction of sp³-hybridized carbons (Fsp3) is 0.500. The van der Waals surface area contributed by atoms with Gasteiger partial charge in [-0.05, 0) is 6.92 Å². The smallest absolute Gasteiger partial charge is 0.245 e. The van der Waals surface area contributed by atoms with Crippen LogP contribution in [-0.4, -0.2) is 43.3 Å². The number of rotatable bonds is 5. The van der Waals surface area contributed by atoms with Crippen molar-refractivity contribution in [3.05, 3.63) is 12.4 Å². The van der Waals surface area contributed by atoms with Crippen LogP contribution in [0.4, 0.5) is 5.95 Å². The van der Waals surface area contributed by atoms with Crippen molar-refractivity contribution < 1.29 is 8.42 Å². The molecule has 0 aliphatic rings. The van der Waals surface area contributed by atoms with E-state index < -0.39 is 10.0 Å². The molecule has 1 rings (SSSR count). The average Bonchev–Trinajstić information content (AvgIpc) is 2.38. The first-order valence-electron chi connectivity index (χ1n) is 5.27. The number of sulfonamides is 1. The molecule has 0 spiro atoms. The topological polar surface area (TPSA) is 99.0 Å². The first-order chi connectivity index (χ1) is 8.41. The summed E-state index contributed by atoms with van der Waals surface area (Å²) in [4.78, 5) is 7.71. The normalized spacial score (nSPS) is 13.1. The van der Waals surface area contributed by atoms with Gasteiger partial charge in [0.05, 0.1) is 24.4 Å². The highest BCUT2D eigenvalue weighted by atomic mass is 32.2. The van der Waals surface area contributed by atoms with Crippen molar-refractivity contribution in [3.8, 4) is 6.07 Å². The van der Waals surface area contributed by atoms with Crippen LogP contribution in [0.3, 0.4) is 0 Å². The first-order valence-corrected chi connectivity index (χ1v) is 6.71. The third-order valence-electron chi connectivity index (χ3n) is 2.31. The van der Waals surface area contributed by atoms with Gasteiger partial charge in [0.15, 0.2) is 0 Å². The SMILES string of the molecule is CNc1ncc(S(=O)(=O)N(C)CC(C)C#N)cn1. The Balaban J connectivity index is 2.95. The van der Waals surface area contributed by atoms with Crippen LogP contribution in [-0.2, 0) is 10.0 Å². The molecule has 0 aromatic carbocycles. The lowest BCUT2D eigenvalue weighted by Crippen LogP contribution is -2.31. The lowest BCUT2D eigenvalue weighted by molar-refractivity contribution is 0.438. The summed E-state index contributed by atoms with van der Waals surface area (Å²) in [5.41, 5.74) is 0. The van der Waals surface area contributed by atoms with E-state index in [0.717, 1.165) is 4.31 Å². The van der Waals surface area contributed by atoms with Gasteiger partial charge in [-0.25, -0.2) is 18.4 Å². The van der Waals surface area contributed by atoms with E-state index >= 15 is 0 Å². The molecule has 1 aromatic heterocycles. The van der Waals surface area contributed by atoms with Gasteiger partial charge in [-0.1, -0.05) is 0 Å². The zero-order chi connectivity index (χ0) is 13.8. The number of anilines is 1. The second-order valence-corrected chi connectivity index (χ2v) is 5.85. The Kier molecular flexibility index (Phi) is 4.58. The third kappa shape index (κ3) is 3.15. The van der Waals surface area contributed by atoms with Gasteiger partial charge >= 0.3 is 0 Å². The Morgan fingerprint density at radius 3 is 2.50 bits per heavy atom. The Morgan fingerprint density at radius 1 is 1.50 bits per heavy atom. The number of hydrogen-bond acceptors (Lipinski definition) is 6. The van der Waals surface area contributed by atoms with Crippen molar-refractivity contribution in [2.24, 2.45) is 5.92 Å². The van der Waals surface area contributed by atoms with Crippen LogP contribution in [0.15, 0.2) is 17.3 Å². The fourth-order valence-electron chi connectivity index (χ4n) is 1.28. The Morgan fingerprint density at radius 2 is 2.06 bits per heavy atom. The largest absolute Gasteiger partial charge is 0.357 e. The van der Waals surface area contributed by atoms with Crippen molar-refractivity contribution in [2.75, 3.05) is 26.0 Å². The average molecular weight is 269 g/mol. The van der Waals surface area contributed by atoms with E-state index in [1.54, 1.807) is 14.0 Å². The van der Waals surface area contributed by atoms with Gasteiger partial charge in [-0.15, -0.1) is 0 Å². The van der Waals surface area contributed by atoms with E-state index in [1.165, 1.54) is 19.4 Å². The van der Waals surface area contributed by atoms with E-state index in [1.807, 2.05) is 6.07 Å². The third-order valence-corrected chi connectivity index (χ3v) is 4.09. The molecule has 0 aliphatic heterocycles. The zero-order valence-corrected chi connectivity index (χ0v) is 11.3. The molecule has 0 saturated heterocycles. The second kappa shape index (κ2) is 5.75. The molecule has 18 heavy (non-hydrogen) atoms. The van der Waals surface area contributed by atoms with Crippen LogP contribution in [0.1, 0.15) is 6.92 Å². The summed E-state index contributed by atoms with van der Waals surface area (Å²) < 4.78 is 25.3. The summed E-state index contributed by atoms with van der Waals surface area (Å²) in [6.45, 7) is 1.79. The molecule has 1 unspecified atom stereocenters. The van der Waals surface area contributed by atoms with Crippen LogP contribution in [0.2, 0.25) is 0 Å². The number of aromatic nitrogens is 2. The highest BCUT2D eigenvalue weighted by Crippen LogP contribution is 2.14. The lowest BCUT2D eigenvalue weighted by atomic mass is 10.2.